The van der Waals surface area contributed by atoms with Gasteiger partial charge in [-0.1, -0.05) is 20.8 Å². The third kappa shape index (κ3) is 5.54. The quantitative estimate of drug-likeness (QED) is 0.823. The van der Waals surface area contributed by atoms with Crippen molar-refractivity contribution in [3.8, 4) is 5.75 Å². The lowest BCUT2D eigenvalue weighted by Crippen LogP contribution is -2.07. The Kier molecular flexibility index (Phi) is 4.79. The third-order valence-corrected chi connectivity index (χ3v) is 3.79. The standard InChI is InChI=1S/C14H23NO2S/c1-14(2,3)10-5-11-17-12-6-8-13(9-7-12)18(4,15)16/h6-9,15H,5,10-11H2,1-4H3. The van der Waals surface area contributed by atoms with Crippen LogP contribution >= 0.6 is 0 Å². The lowest BCUT2D eigenvalue weighted by atomic mass is 9.91. The average Bonchev–Trinajstić information content (AvgIpc) is 2.22. The van der Waals surface area contributed by atoms with Gasteiger partial charge >= 0.3 is 0 Å². The van der Waals surface area contributed by atoms with Gasteiger partial charge in [0.05, 0.1) is 16.3 Å². The third-order valence-electron chi connectivity index (χ3n) is 2.61. The molecule has 0 heterocycles. The van der Waals surface area contributed by atoms with Gasteiger partial charge in [-0.25, -0.2) is 8.99 Å². The Balaban J connectivity index is 2.45. The summed E-state index contributed by atoms with van der Waals surface area (Å²) in [5.41, 5.74) is 0.339. The number of ether oxygens (including phenoxy) is 1. The molecule has 1 atom stereocenters. The summed E-state index contributed by atoms with van der Waals surface area (Å²) in [6, 6.07) is 6.97. The van der Waals surface area contributed by atoms with Gasteiger partial charge in [0, 0.05) is 11.2 Å². The van der Waals surface area contributed by atoms with Gasteiger partial charge in [-0.2, -0.15) is 0 Å². The molecule has 0 saturated carbocycles. The van der Waals surface area contributed by atoms with Crippen molar-refractivity contribution in [2.75, 3.05) is 12.9 Å². The zero-order valence-electron chi connectivity index (χ0n) is 11.7. The minimum absolute atomic E-state index is 0.339. The van der Waals surface area contributed by atoms with Gasteiger partial charge in [0.15, 0.2) is 0 Å². The largest absolute Gasteiger partial charge is 0.494 e. The highest BCUT2D eigenvalue weighted by atomic mass is 32.2. The molecule has 0 aliphatic carbocycles. The van der Waals surface area contributed by atoms with Crippen LogP contribution in [-0.2, 0) is 9.73 Å². The molecule has 0 aliphatic heterocycles. The lowest BCUT2D eigenvalue weighted by molar-refractivity contribution is 0.269. The normalized spacial score (nSPS) is 15.1. The van der Waals surface area contributed by atoms with E-state index in [1.807, 2.05) is 0 Å². The van der Waals surface area contributed by atoms with Crippen LogP contribution in [0.1, 0.15) is 33.6 Å². The van der Waals surface area contributed by atoms with Gasteiger partial charge < -0.3 is 4.74 Å². The van der Waals surface area contributed by atoms with E-state index in [1.165, 1.54) is 6.26 Å². The van der Waals surface area contributed by atoms with Crippen molar-refractivity contribution >= 4 is 9.73 Å². The van der Waals surface area contributed by atoms with Crippen molar-refractivity contribution in [3.05, 3.63) is 24.3 Å². The molecule has 0 aromatic heterocycles. The van der Waals surface area contributed by atoms with Crippen molar-refractivity contribution < 1.29 is 8.95 Å². The Labute approximate surface area is 111 Å². The fourth-order valence-electron chi connectivity index (χ4n) is 1.59. The number of benzene rings is 1. The molecule has 18 heavy (non-hydrogen) atoms. The van der Waals surface area contributed by atoms with Crippen LogP contribution in [0.15, 0.2) is 29.2 Å². The molecule has 1 rings (SSSR count). The maximum absolute atomic E-state index is 11.5. The molecule has 0 aliphatic rings. The Hall–Kier alpha value is -1.03. The number of hydrogen-bond acceptors (Lipinski definition) is 3. The van der Waals surface area contributed by atoms with E-state index in [0.29, 0.717) is 16.9 Å². The topological polar surface area (TPSA) is 50.1 Å². The van der Waals surface area contributed by atoms with E-state index < -0.39 is 9.73 Å². The van der Waals surface area contributed by atoms with Gasteiger partial charge in [-0.15, -0.1) is 0 Å². The van der Waals surface area contributed by atoms with Gasteiger partial charge in [0.25, 0.3) is 0 Å². The molecule has 0 spiro atoms. The van der Waals surface area contributed by atoms with Crippen molar-refractivity contribution in [1.29, 1.82) is 4.78 Å². The molecule has 102 valence electrons. The summed E-state index contributed by atoms with van der Waals surface area (Å²) in [6.45, 7) is 7.34. The summed E-state index contributed by atoms with van der Waals surface area (Å²) in [4.78, 5) is 0.546. The zero-order chi connectivity index (χ0) is 13.8. The molecule has 1 unspecified atom stereocenters. The van der Waals surface area contributed by atoms with E-state index in [9.17, 15) is 4.21 Å². The minimum Gasteiger partial charge on any atom is -0.494 e. The maximum Gasteiger partial charge on any atom is 0.119 e. The van der Waals surface area contributed by atoms with Crippen molar-refractivity contribution in [2.45, 2.75) is 38.5 Å². The van der Waals surface area contributed by atoms with Crippen LogP contribution < -0.4 is 4.74 Å². The van der Waals surface area contributed by atoms with Crippen LogP contribution in [0, 0.1) is 10.2 Å². The first-order valence-corrected chi connectivity index (χ1v) is 8.12. The predicted molar refractivity (Wildman–Crippen MR) is 75.7 cm³/mol. The van der Waals surface area contributed by atoms with Crippen LogP contribution in [0.2, 0.25) is 0 Å². The highest BCUT2D eigenvalue weighted by Gasteiger charge is 2.09. The zero-order valence-corrected chi connectivity index (χ0v) is 12.5. The smallest absolute Gasteiger partial charge is 0.119 e. The maximum atomic E-state index is 11.5. The molecular formula is C14H23NO2S. The second kappa shape index (κ2) is 5.74. The van der Waals surface area contributed by atoms with E-state index in [4.69, 9.17) is 9.52 Å². The number of rotatable bonds is 5. The Morgan fingerprint density at radius 1 is 1.22 bits per heavy atom. The molecule has 4 heteroatoms. The van der Waals surface area contributed by atoms with Crippen LogP contribution in [-0.4, -0.2) is 17.1 Å². The Morgan fingerprint density at radius 2 is 1.78 bits per heavy atom. The van der Waals surface area contributed by atoms with E-state index in [1.54, 1.807) is 24.3 Å². The van der Waals surface area contributed by atoms with Crippen molar-refractivity contribution in [2.24, 2.45) is 5.41 Å². The molecule has 0 fully saturated rings. The first kappa shape index (κ1) is 15.0. The van der Waals surface area contributed by atoms with Crippen LogP contribution in [0.25, 0.3) is 0 Å². The monoisotopic (exact) mass is 269 g/mol. The van der Waals surface area contributed by atoms with Gasteiger partial charge in [0.1, 0.15) is 5.75 Å². The van der Waals surface area contributed by atoms with Gasteiger partial charge in [-0.3, -0.25) is 0 Å². The molecule has 0 bridgehead atoms. The molecule has 0 radical (unpaired) electrons. The fraction of sp³-hybridized carbons (Fsp3) is 0.571. The SMILES string of the molecule is CC(C)(C)CCCOc1ccc(S(C)(=N)=O)cc1. The minimum atomic E-state index is -2.62. The second-order valence-corrected chi connectivity index (χ2v) is 7.99. The molecule has 0 saturated heterocycles. The highest BCUT2D eigenvalue weighted by molar-refractivity contribution is 7.91. The average molecular weight is 269 g/mol. The summed E-state index contributed by atoms with van der Waals surface area (Å²) in [5, 5.41) is 0. The van der Waals surface area contributed by atoms with E-state index in [0.717, 1.165) is 18.6 Å². The van der Waals surface area contributed by atoms with Crippen LogP contribution in [0.3, 0.4) is 0 Å². The molecule has 1 N–H and O–H groups in total. The van der Waals surface area contributed by atoms with Gasteiger partial charge in [0.2, 0.25) is 0 Å². The number of nitrogens with one attached hydrogen (secondary N) is 1. The summed E-state index contributed by atoms with van der Waals surface area (Å²) >= 11 is 0. The number of hydrogen-bond donors (Lipinski definition) is 1. The highest BCUT2D eigenvalue weighted by Crippen LogP contribution is 2.21. The van der Waals surface area contributed by atoms with Crippen LogP contribution in [0.4, 0.5) is 0 Å². The Morgan fingerprint density at radius 3 is 2.22 bits per heavy atom. The first-order chi connectivity index (χ1) is 8.18. The summed E-state index contributed by atoms with van der Waals surface area (Å²) < 4.78 is 24.6. The molecule has 3 nitrogen and oxygen atoms in total. The predicted octanol–water partition coefficient (Wildman–Crippen LogP) is 3.93. The summed E-state index contributed by atoms with van der Waals surface area (Å²) in [5.74, 6) is 0.774. The molecule has 0 amide bonds. The van der Waals surface area contributed by atoms with Crippen molar-refractivity contribution in [1.82, 2.24) is 0 Å². The summed E-state index contributed by atoms with van der Waals surface area (Å²) in [7, 11) is -2.62. The van der Waals surface area contributed by atoms with Gasteiger partial charge in [-0.05, 0) is 42.5 Å². The summed E-state index contributed by atoms with van der Waals surface area (Å²) in [6.07, 6.45) is 3.57. The van der Waals surface area contributed by atoms with E-state index >= 15 is 0 Å². The molecule has 1 aromatic rings. The van der Waals surface area contributed by atoms with E-state index in [-0.39, 0.29) is 0 Å². The fourth-order valence-corrected chi connectivity index (χ4v) is 2.24. The van der Waals surface area contributed by atoms with E-state index in [2.05, 4.69) is 20.8 Å². The van der Waals surface area contributed by atoms with Crippen LogP contribution in [0.5, 0.6) is 5.75 Å². The molecule has 1 aromatic carbocycles. The lowest BCUT2D eigenvalue weighted by Gasteiger charge is -2.17. The van der Waals surface area contributed by atoms with Crippen molar-refractivity contribution in [3.63, 3.8) is 0 Å². The second-order valence-electron chi connectivity index (χ2n) is 5.83. The Bertz CT molecular complexity index is 470. The molecular weight excluding hydrogens is 246 g/mol. The first-order valence-electron chi connectivity index (χ1n) is 6.15.